The Bertz CT molecular complexity index is 517. The molecule has 1 saturated heterocycles. The molecule has 0 aromatic carbocycles. The quantitative estimate of drug-likeness (QED) is 0.883. The van der Waals surface area contributed by atoms with Gasteiger partial charge in [-0.3, -0.25) is 4.98 Å². The minimum atomic E-state index is 0.276. The Morgan fingerprint density at radius 1 is 1.39 bits per heavy atom. The van der Waals surface area contributed by atoms with E-state index in [0.717, 1.165) is 11.5 Å². The molecule has 2 aromatic rings. The van der Waals surface area contributed by atoms with Gasteiger partial charge in [0.15, 0.2) is 0 Å². The van der Waals surface area contributed by atoms with Crippen molar-refractivity contribution in [1.29, 1.82) is 0 Å². The van der Waals surface area contributed by atoms with Crippen molar-refractivity contribution in [3.8, 4) is 11.5 Å². The highest BCUT2D eigenvalue weighted by Crippen LogP contribution is 2.32. The molecule has 0 spiro atoms. The lowest BCUT2D eigenvalue weighted by atomic mass is 10.0. The Hall–Kier alpha value is -1.47. The molecule has 0 aliphatic carbocycles. The lowest BCUT2D eigenvalue weighted by molar-refractivity contribution is 0.344. The maximum atomic E-state index is 5.35. The van der Waals surface area contributed by atoms with Crippen molar-refractivity contribution < 1.29 is 4.52 Å². The lowest BCUT2D eigenvalue weighted by Crippen LogP contribution is -2.31. The van der Waals surface area contributed by atoms with Crippen molar-refractivity contribution in [3.63, 3.8) is 0 Å². The number of hydrogen-bond donors (Lipinski definition) is 1. The Labute approximate surface area is 109 Å². The van der Waals surface area contributed by atoms with Crippen LogP contribution in [0.1, 0.15) is 11.8 Å². The molecule has 94 valence electrons. The highest BCUT2D eigenvalue weighted by Gasteiger charge is 2.32. The first-order valence-electron chi connectivity index (χ1n) is 5.73. The minimum absolute atomic E-state index is 0.276. The van der Waals surface area contributed by atoms with Gasteiger partial charge in [0.05, 0.1) is 12.1 Å². The molecule has 3 rings (SSSR count). The molecule has 0 saturated carbocycles. The molecule has 0 radical (unpaired) electrons. The molecule has 1 aliphatic rings. The molecule has 2 atom stereocenters. The predicted molar refractivity (Wildman–Crippen MR) is 68.2 cm³/mol. The number of aromatic nitrogens is 4. The zero-order valence-electron chi connectivity index (χ0n) is 9.91. The summed E-state index contributed by atoms with van der Waals surface area (Å²) >= 11 is 1.90. The van der Waals surface area contributed by atoms with Crippen LogP contribution in [0.3, 0.4) is 0 Å². The van der Waals surface area contributed by atoms with Gasteiger partial charge >= 0.3 is 0 Å². The zero-order valence-corrected chi connectivity index (χ0v) is 10.7. The molecule has 1 fully saturated rings. The molecular weight excluding hydrogens is 250 g/mol. The number of nitrogens with one attached hydrogen (secondary N) is 1. The number of rotatable bonds is 3. The van der Waals surface area contributed by atoms with E-state index in [1.807, 2.05) is 18.8 Å². The molecule has 6 nitrogen and oxygen atoms in total. The van der Waals surface area contributed by atoms with Crippen molar-refractivity contribution in [2.24, 2.45) is 0 Å². The van der Waals surface area contributed by atoms with Gasteiger partial charge in [-0.15, -0.1) is 0 Å². The van der Waals surface area contributed by atoms with E-state index < -0.39 is 0 Å². The average Bonchev–Trinajstić information content (AvgIpc) is 3.08. The molecule has 18 heavy (non-hydrogen) atoms. The summed E-state index contributed by atoms with van der Waals surface area (Å²) in [4.78, 5) is 12.6. The molecule has 3 heterocycles. The monoisotopic (exact) mass is 263 g/mol. The van der Waals surface area contributed by atoms with Crippen LogP contribution in [0.2, 0.25) is 0 Å². The third-order valence-corrected chi connectivity index (χ3v) is 4.19. The maximum Gasteiger partial charge on any atom is 0.232 e. The summed E-state index contributed by atoms with van der Waals surface area (Å²) < 4.78 is 5.35. The van der Waals surface area contributed by atoms with Crippen LogP contribution in [-0.2, 0) is 0 Å². The van der Waals surface area contributed by atoms with Gasteiger partial charge in [0.25, 0.3) is 0 Å². The van der Waals surface area contributed by atoms with E-state index in [0.29, 0.717) is 23.5 Å². The second-order valence-electron chi connectivity index (χ2n) is 4.09. The molecule has 0 amide bonds. The Balaban J connectivity index is 1.86. The van der Waals surface area contributed by atoms with Crippen LogP contribution in [-0.4, -0.2) is 44.7 Å². The van der Waals surface area contributed by atoms with Crippen LogP contribution < -0.4 is 5.32 Å². The summed E-state index contributed by atoms with van der Waals surface area (Å²) in [5, 5.41) is 7.26. The number of hydrogen-bond acceptors (Lipinski definition) is 7. The Morgan fingerprint density at radius 2 is 2.33 bits per heavy atom. The third-order valence-electron chi connectivity index (χ3n) is 3.00. The number of nitrogens with zero attached hydrogens (tertiary/aromatic N) is 4. The van der Waals surface area contributed by atoms with Crippen LogP contribution in [0.5, 0.6) is 0 Å². The van der Waals surface area contributed by atoms with Gasteiger partial charge in [-0.1, -0.05) is 5.16 Å². The van der Waals surface area contributed by atoms with E-state index in [2.05, 4.69) is 25.4 Å². The summed E-state index contributed by atoms with van der Waals surface area (Å²) in [6, 6.07) is 0.394. The predicted octanol–water partition coefficient (Wildman–Crippen LogP) is 0.945. The Morgan fingerprint density at radius 3 is 3.11 bits per heavy atom. The van der Waals surface area contributed by atoms with Gasteiger partial charge < -0.3 is 9.84 Å². The van der Waals surface area contributed by atoms with E-state index >= 15 is 0 Å². The summed E-state index contributed by atoms with van der Waals surface area (Å²) in [5.74, 6) is 3.54. The minimum Gasteiger partial charge on any atom is -0.339 e. The van der Waals surface area contributed by atoms with Crippen LogP contribution in [0, 0.1) is 0 Å². The van der Waals surface area contributed by atoms with E-state index in [9.17, 15) is 0 Å². The maximum absolute atomic E-state index is 5.35. The summed E-state index contributed by atoms with van der Waals surface area (Å²) in [7, 11) is 1.96. The second-order valence-corrected chi connectivity index (χ2v) is 5.16. The standard InChI is InChI=1S/C11H13N5OS/c1-12-9-6-18-5-7(9)11-15-10(16-17-11)8-4-13-2-3-14-8/h2-4,7,9,12H,5-6H2,1H3. The van der Waals surface area contributed by atoms with Crippen LogP contribution in [0.4, 0.5) is 0 Å². The first-order chi connectivity index (χ1) is 8.88. The fraction of sp³-hybridized carbons (Fsp3) is 0.455. The van der Waals surface area contributed by atoms with Crippen LogP contribution in [0.15, 0.2) is 23.1 Å². The van der Waals surface area contributed by atoms with Gasteiger partial charge in [0.1, 0.15) is 5.69 Å². The van der Waals surface area contributed by atoms with E-state index in [1.54, 1.807) is 18.6 Å². The van der Waals surface area contributed by atoms with Gasteiger partial charge in [0, 0.05) is 29.9 Å². The number of likely N-dealkylation sites (N-methyl/N-ethyl adjacent to an activating group) is 1. The first kappa shape index (κ1) is 11.6. The van der Waals surface area contributed by atoms with Crippen molar-refractivity contribution in [1.82, 2.24) is 25.4 Å². The molecule has 7 heteroatoms. The zero-order chi connectivity index (χ0) is 12.4. The smallest absolute Gasteiger partial charge is 0.232 e. The summed E-state index contributed by atoms with van der Waals surface area (Å²) in [6.07, 6.45) is 4.87. The van der Waals surface area contributed by atoms with E-state index in [-0.39, 0.29) is 5.92 Å². The van der Waals surface area contributed by atoms with Gasteiger partial charge in [-0.05, 0) is 7.05 Å². The molecule has 2 aromatic heterocycles. The van der Waals surface area contributed by atoms with Crippen molar-refractivity contribution >= 4 is 11.8 Å². The van der Waals surface area contributed by atoms with Crippen LogP contribution >= 0.6 is 11.8 Å². The largest absolute Gasteiger partial charge is 0.339 e. The summed E-state index contributed by atoms with van der Waals surface area (Å²) in [6.45, 7) is 0. The van der Waals surface area contributed by atoms with Gasteiger partial charge in [-0.2, -0.15) is 16.7 Å². The fourth-order valence-electron chi connectivity index (χ4n) is 1.99. The van der Waals surface area contributed by atoms with Crippen molar-refractivity contribution in [3.05, 3.63) is 24.5 Å². The SMILES string of the molecule is CNC1CSCC1c1nc(-c2cnccn2)no1. The third kappa shape index (κ3) is 2.11. The van der Waals surface area contributed by atoms with Gasteiger partial charge in [-0.25, -0.2) is 4.98 Å². The molecular formula is C11H13N5OS. The molecule has 1 N–H and O–H groups in total. The highest BCUT2D eigenvalue weighted by atomic mass is 32.2. The normalized spacial score (nSPS) is 23.4. The molecule has 2 unspecified atom stereocenters. The highest BCUT2D eigenvalue weighted by molar-refractivity contribution is 7.99. The molecule has 1 aliphatic heterocycles. The van der Waals surface area contributed by atoms with Crippen molar-refractivity contribution in [2.75, 3.05) is 18.6 Å². The van der Waals surface area contributed by atoms with Crippen LogP contribution in [0.25, 0.3) is 11.5 Å². The number of thioether (sulfide) groups is 1. The van der Waals surface area contributed by atoms with E-state index in [1.165, 1.54) is 0 Å². The van der Waals surface area contributed by atoms with Crippen molar-refractivity contribution in [2.45, 2.75) is 12.0 Å². The first-order valence-corrected chi connectivity index (χ1v) is 6.89. The fourth-order valence-corrected chi connectivity index (χ4v) is 3.40. The average molecular weight is 263 g/mol. The topological polar surface area (TPSA) is 76.7 Å². The Kier molecular flexibility index (Phi) is 3.24. The second kappa shape index (κ2) is 5.03. The summed E-state index contributed by atoms with van der Waals surface area (Å²) in [5.41, 5.74) is 0.638. The van der Waals surface area contributed by atoms with E-state index in [4.69, 9.17) is 4.52 Å². The van der Waals surface area contributed by atoms with Gasteiger partial charge in [0.2, 0.25) is 11.7 Å². The lowest BCUT2D eigenvalue weighted by Gasteiger charge is -2.13. The molecule has 0 bridgehead atoms.